The van der Waals surface area contributed by atoms with E-state index in [-0.39, 0.29) is 0 Å². The fourth-order valence-electron chi connectivity index (χ4n) is 2.32. The number of phenols is 1. The van der Waals surface area contributed by atoms with E-state index in [4.69, 9.17) is 0 Å². The van der Waals surface area contributed by atoms with Crippen molar-refractivity contribution in [2.24, 2.45) is 0 Å². The molecule has 0 aliphatic rings. The quantitative estimate of drug-likeness (QED) is 0.846. The molecule has 0 bridgehead atoms. The monoisotopic (exact) mass is 255 g/mol. The van der Waals surface area contributed by atoms with E-state index in [0.29, 0.717) is 11.8 Å². The summed E-state index contributed by atoms with van der Waals surface area (Å²) in [6.07, 6.45) is 1.93. The lowest BCUT2D eigenvalue weighted by Crippen LogP contribution is -2.18. The topological polar surface area (TPSA) is 32.3 Å². The Morgan fingerprint density at radius 1 is 1.11 bits per heavy atom. The van der Waals surface area contributed by atoms with Gasteiger partial charge < -0.3 is 10.4 Å². The minimum Gasteiger partial charge on any atom is -0.508 e. The number of phenolic OH excluding ortho intramolecular Hbond substituents is 1. The number of para-hydroxylation sites is 1. The Balaban J connectivity index is 2.03. The van der Waals surface area contributed by atoms with Gasteiger partial charge in [0.25, 0.3) is 0 Å². The van der Waals surface area contributed by atoms with Crippen LogP contribution in [0.3, 0.4) is 0 Å². The van der Waals surface area contributed by atoms with Gasteiger partial charge in [-0.25, -0.2) is 0 Å². The molecule has 2 aromatic rings. The summed E-state index contributed by atoms with van der Waals surface area (Å²) in [7, 11) is 0. The van der Waals surface area contributed by atoms with Crippen LogP contribution in [0.25, 0.3) is 0 Å². The van der Waals surface area contributed by atoms with Crippen LogP contribution in [0.2, 0.25) is 0 Å². The molecule has 2 rings (SSSR count). The lowest BCUT2D eigenvalue weighted by Gasteiger charge is -2.18. The SMILES string of the molecule is CCc1ccccc1NC(C)Cc1cccc(O)c1. The van der Waals surface area contributed by atoms with Gasteiger partial charge in [0.15, 0.2) is 0 Å². The van der Waals surface area contributed by atoms with Gasteiger partial charge in [-0.3, -0.25) is 0 Å². The van der Waals surface area contributed by atoms with Crippen molar-refractivity contribution in [2.45, 2.75) is 32.7 Å². The molecule has 0 heterocycles. The van der Waals surface area contributed by atoms with E-state index in [0.717, 1.165) is 18.4 Å². The Kier molecular flexibility index (Phi) is 4.45. The molecule has 0 aliphatic heterocycles. The van der Waals surface area contributed by atoms with Gasteiger partial charge in [0.05, 0.1) is 0 Å². The minimum atomic E-state index is 0.328. The van der Waals surface area contributed by atoms with E-state index in [1.54, 1.807) is 6.07 Å². The Morgan fingerprint density at radius 3 is 2.63 bits per heavy atom. The second-order valence-electron chi connectivity index (χ2n) is 4.93. The average Bonchev–Trinajstić information content (AvgIpc) is 2.39. The number of benzene rings is 2. The molecule has 2 nitrogen and oxygen atoms in total. The summed E-state index contributed by atoms with van der Waals surface area (Å²) in [6.45, 7) is 4.33. The van der Waals surface area contributed by atoms with Gasteiger partial charge in [0.1, 0.15) is 5.75 Å². The van der Waals surface area contributed by atoms with Crippen LogP contribution in [0.4, 0.5) is 5.69 Å². The van der Waals surface area contributed by atoms with Crippen molar-refractivity contribution in [3.05, 3.63) is 59.7 Å². The molecule has 0 radical (unpaired) electrons. The number of aromatic hydroxyl groups is 1. The zero-order chi connectivity index (χ0) is 13.7. The predicted octanol–water partition coefficient (Wildman–Crippen LogP) is 4.00. The van der Waals surface area contributed by atoms with E-state index in [1.165, 1.54) is 11.3 Å². The van der Waals surface area contributed by atoms with Crippen LogP contribution in [0.5, 0.6) is 5.75 Å². The lowest BCUT2D eigenvalue weighted by atomic mass is 10.1. The van der Waals surface area contributed by atoms with Crippen molar-refractivity contribution in [1.29, 1.82) is 0 Å². The molecule has 100 valence electrons. The van der Waals surface area contributed by atoms with Crippen molar-refractivity contribution in [3.63, 3.8) is 0 Å². The maximum atomic E-state index is 9.48. The molecule has 0 aliphatic carbocycles. The fourth-order valence-corrected chi connectivity index (χ4v) is 2.32. The Labute approximate surface area is 115 Å². The van der Waals surface area contributed by atoms with Crippen LogP contribution in [0.15, 0.2) is 48.5 Å². The molecule has 0 spiro atoms. The average molecular weight is 255 g/mol. The summed E-state index contributed by atoms with van der Waals surface area (Å²) < 4.78 is 0. The van der Waals surface area contributed by atoms with E-state index < -0.39 is 0 Å². The zero-order valence-electron chi connectivity index (χ0n) is 11.6. The predicted molar refractivity (Wildman–Crippen MR) is 80.7 cm³/mol. The number of rotatable bonds is 5. The Morgan fingerprint density at radius 2 is 1.89 bits per heavy atom. The third kappa shape index (κ3) is 3.75. The van der Waals surface area contributed by atoms with Gasteiger partial charge in [-0.05, 0) is 49.1 Å². The lowest BCUT2D eigenvalue weighted by molar-refractivity contribution is 0.474. The highest BCUT2D eigenvalue weighted by molar-refractivity contribution is 5.51. The first-order chi connectivity index (χ1) is 9.19. The normalized spacial score (nSPS) is 12.1. The maximum Gasteiger partial charge on any atom is 0.115 e. The van der Waals surface area contributed by atoms with E-state index in [9.17, 15) is 5.11 Å². The third-order valence-electron chi connectivity index (χ3n) is 3.25. The number of hydrogen-bond acceptors (Lipinski definition) is 2. The van der Waals surface area contributed by atoms with E-state index in [2.05, 4.69) is 43.4 Å². The van der Waals surface area contributed by atoms with Crippen LogP contribution < -0.4 is 5.32 Å². The summed E-state index contributed by atoms with van der Waals surface area (Å²) in [6, 6.07) is 16.2. The summed E-state index contributed by atoms with van der Waals surface area (Å²) in [5.41, 5.74) is 3.69. The largest absolute Gasteiger partial charge is 0.508 e. The Bertz CT molecular complexity index is 536. The number of anilines is 1. The van der Waals surface area contributed by atoms with Gasteiger partial charge in [-0.15, -0.1) is 0 Å². The highest BCUT2D eigenvalue weighted by atomic mass is 16.3. The first-order valence-corrected chi connectivity index (χ1v) is 6.81. The molecular weight excluding hydrogens is 234 g/mol. The van der Waals surface area contributed by atoms with Gasteiger partial charge in [0, 0.05) is 11.7 Å². The summed E-state index contributed by atoms with van der Waals surface area (Å²) in [4.78, 5) is 0. The molecule has 0 saturated carbocycles. The van der Waals surface area contributed by atoms with Crippen LogP contribution >= 0.6 is 0 Å². The molecule has 0 aromatic heterocycles. The van der Waals surface area contributed by atoms with Crippen LogP contribution in [0.1, 0.15) is 25.0 Å². The van der Waals surface area contributed by atoms with Gasteiger partial charge in [0.2, 0.25) is 0 Å². The van der Waals surface area contributed by atoms with Crippen LogP contribution in [-0.2, 0) is 12.8 Å². The molecule has 0 amide bonds. The first kappa shape index (κ1) is 13.5. The molecule has 1 unspecified atom stereocenters. The highest BCUT2D eigenvalue weighted by Crippen LogP contribution is 2.18. The third-order valence-corrected chi connectivity index (χ3v) is 3.25. The number of hydrogen-bond donors (Lipinski definition) is 2. The summed E-state index contributed by atoms with van der Waals surface area (Å²) in [5.74, 6) is 0.332. The smallest absolute Gasteiger partial charge is 0.115 e. The highest BCUT2D eigenvalue weighted by Gasteiger charge is 2.06. The second-order valence-corrected chi connectivity index (χ2v) is 4.93. The second kappa shape index (κ2) is 6.28. The molecule has 2 aromatic carbocycles. The molecule has 0 fully saturated rings. The summed E-state index contributed by atoms with van der Waals surface area (Å²) in [5, 5.41) is 13.0. The van der Waals surface area contributed by atoms with Gasteiger partial charge >= 0.3 is 0 Å². The van der Waals surface area contributed by atoms with Crippen molar-refractivity contribution in [3.8, 4) is 5.75 Å². The fraction of sp³-hybridized carbons (Fsp3) is 0.294. The van der Waals surface area contributed by atoms with Crippen LogP contribution in [-0.4, -0.2) is 11.1 Å². The minimum absolute atomic E-state index is 0.328. The summed E-state index contributed by atoms with van der Waals surface area (Å²) >= 11 is 0. The Hall–Kier alpha value is -1.96. The number of nitrogens with one attached hydrogen (secondary N) is 1. The zero-order valence-corrected chi connectivity index (χ0v) is 11.6. The van der Waals surface area contributed by atoms with Crippen molar-refractivity contribution < 1.29 is 5.11 Å². The van der Waals surface area contributed by atoms with Crippen molar-refractivity contribution in [2.75, 3.05) is 5.32 Å². The first-order valence-electron chi connectivity index (χ1n) is 6.81. The van der Waals surface area contributed by atoms with Crippen LogP contribution in [0, 0.1) is 0 Å². The standard InChI is InChI=1S/C17H21NO/c1-3-15-8-4-5-10-17(15)18-13(2)11-14-7-6-9-16(19)12-14/h4-10,12-13,18-19H,3,11H2,1-2H3. The maximum absolute atomic E-state index is 9.48. The number of aryl methyl sites for hydroxylation is 1. The van der Waals surface area contributed by atoms with Crippen molar-refractivity contribution in [1.82, 2.24) is 0 Å². The molecule has 0 saturated heterocycles. The molecule has 2 N–H and O–H groups in total. The van der Waals surface area contributed by atoms with Gasteiger partial charge in [-0.2, -0.15) is 0 Å². The van der Waals surface area contributed by atoms with Crippen molar-refractivity contribution >= 4 is 5.69 Å². The molecular formula is C17H21NO. The molecule has 1 atom stereocenters. The van der Waals surface area contributed by atoms with E-state index in [1.807, 2.05) is 18.2 Å². The molecule has 19 heavy (non-hydrogen) atoms. The van der Waals surface area contributed by atoms with Gasteiger partial charge in [-0.1, -0.05) is 37.3 Å². The van der Waals surface area contributed by atoms with E-state index >= 15 is 0 Å². The molecule has 2 heteroatoms.